The lowest BCUT2D eigenvalue weighted by Crippen LogP contribution is -2.63. The van der Waals surface area contributed by atoms with Crippen molar-refractivity contribution in [2.45, 2.75) is 193 Å². The Labute approximate surface area is 556 Å². The zero-order valence-corrected chi connectivity index (χ0v) is 58.3. The standard InChI is InChI=1S/C67H100ClF4N11O11/c1-39(2)30-50-61(90)80(13)42(7)33-55(85)81(14)52(32-41(5)6)60(89)76-58(45-20-18-17-19-21-45)64(93)79(12)37-56(86)77(10)38-57(87)82(15)53(35-44-22-26-46(68)27-23-44)63(92)78(11)36-54(84)73-49(29-25-43-24-28-47(48(69)34-43)67(70,71)72)59(88)74-51(31-40(3)4)62(91)83(16)66(8,9)65(94)75-50/h22-24,26-28,34,39-42,45,49-53,58H,17-21,25,29-33,35-38H2,1-16H3,(H,73,84)(H,74,88)(H,75,94)(H,76,89)/t42-,49-,50+,51-,52+,53-,58+/m1/s1. The van der Waals surface area contributed by atoms with Gasteiger partial charge in [0.2, 0.25) is 65.0 Å². The number of hydrogen-bond donors (Lipinski definition) is 4. The van der Waals surface area contributed by atoms with E-state index in [9.17, 15) is 70.3 Å². The van der Waals surface area contributed by atoms with Crippen molar-refractivity contribution in [3.05, 3.63) is 70.0 Å². The number of benzene rings is 2. The van der Waals surface area contributed by atoms with Crippen LogP contribution in [0.3, 0.4) is 0 Å². The molecule has 2 aromatic rings. The highest BCUT2D eigenvalue weighted by Gasteiger charge is 2.43. The second-order valence-corrected chi connectivity index (χ2v) is 27.7. The number of halogens is 5. The number of nitrogens with zero attached hydrogens (tertiary/aromatic N) is 7. The summed E-state index contributed by atoms with van der Waals surface area (Å²) in [6, 6.07) is 0.134. The first-order chi connectivity index (χ1) is 43.7. The number of aryl methyl sites for hydroxylation is 1. The van der Waals surface area contributed by atoms with Crippen LogP contribution in [0.1, 0.15) is 143 Å². The van der Waals surface area contributed by atoms with Gasteiger partial charge in [-0.2, -0.15) is 13.2 Å². The van der Waals surface area contributed by atoms with Gasteiger partial charge in [0.15, 0.2) is 0 Å². The first-order valence-corrected chi connectivity index (χ1v) is 32.6. The molecule has 4 N–H and O–H groups in total. The first-order valence-electron chi connectivity index (χ1n) is 32.3. The fraction of sp³-hybridized carbons (Fsp3) is 0.657. The van der Waals surface area contributed by atoms with Crippen LogP contribution in [0.15, 0.2) is 42.5 Å². The van der Waals surface area contributed by atoms with Crippen molar-refractivity contribution in [2.75, 3.05) is 69.0 Å². The monoisotopic (exact) mass is 1350 g/mol. The zero-order valence-electron chi connectivity index (χ0n) is 57.5. The molecule has 524 valence electrons. The van der Waals surface area contributed by atoms with Crippen LogP contribution >= 0.6 is 11.6 Å². The molecule has 94 heavy (non-hydrogen) atoms. The summed E-state index contributed by atoms with van der Waals surface area (Å²) in [5.74, 6) is -10.3. The van der Waals surface area contributed by atoms with Crippen LogP contribution < -0.4 is 21.3 Å². The molecule has 7 atom stereocenters. The summed E-state index contributed by atoms with van der Waals surface area (Å²) < 4.78 is 55.8. The Kier molecular flexibility index (Phi) is 29.3. The Hall–Kier alpha value is -7.38. The molecule has 1 heterocycles. The summed E-state index contributed by atoms with van der Waals surface area (Å²) >= 11 is 6.20. The number of likely N-dealkylation sites (N-methyl/N-ethyl adjacent to an activating group) is 7. The fourth-order valence-electron chi connectivity index (χ4n) is 11.6. The maximum Gasteiger partial charge on any atom is 0.419 e. The van der Waals surface area contributed by atoms with Crippen LogP contribution in [0.5, 0.6) is 0 Å². The molecule has 1 saturated heterocycles. The Morgan fingerprint density at radius 3 is 1.65 bits per heavy atom. The smallest absolute Gasteiger partial charge is 0.343 e. The molecule has 0 unspecified atom stereocenters. The third-order valence-electron chi connectivity index (χ3n) is 17.9. The second kappa shape index (κ2) is 34.9. The number of nitrogens with one attached hydrogen (secondary N) is 4. The molecule has 22 nitrogen and oxygen atoms in total. The number of amides is 11. The predicted molar refractivity (Wildman–Crippen MR) is 347 cm³/mol. The highest BCUT2D eigenvalue weighted by Crippen LogP contribution is 2.33. The molecule has 0 bridgehead atoms. The van der Waals surface area contributed by atoms with Crippen molar-refractivity contribution in [1.82, 2.24) is 55.6 Å². The van der Waals surface area contributed by atoms with Gasteiger partial charge in [0.05, 0.1) is 25.2 Å². The van der Waals surface area contributed by atoms with Crippen LogP contribution in [0.4, 0.5) is 17.6 Å². The quantitative estimate of drug-likeness (QED) is 0.183. The Morgan fingerprint density at radius 1 is 0.564 bits per heavy atom. The Bertz CT molecular complexity index is 3020. The van der Waals surface area contributed by atoms with Crippen LogP contribution in [-0.2, 0) is 71.8 Å². The van der Waals surface area contributed by atoms with Crippen molar-refractivity contribution in [3.63, 3.8) is 0 Å². The maximum atomic E-state index is 14.9. The molecular weight excluding hydrogens is 1250 g/mol. The van der Waals surface area contributed by atoms with E-state index in [2.05, 4.69) is 21.3 Å². The van der Waals surface area contributed by atoms with Crippen LogP contribution in [-0.4, -0.2) is 216 Å². The summed E-state index contributed by atoms with van der Waals surface area (Å²) in [7, 11) is 9.64. The lowest BCUT2D eigenvalue weighted by Gasteiger charge is -2.39. The van der Waals surface area contributed by atoms with Crippen molar-refractivity contribution < 1.29 is 70.3 Å². The molecule has 4 rings (SSSR count). The Balaban J connectivity index is 1.84. The van der Waals surface area contributed by atoms with Crippen LogP contribution in [0.2, 0.25) is 5.02 Å². The van der Waals surface area contributed by atoms with E-state index >= 15 is 0 Å². The number of rotatable bonds is 12. The third kappa shape index (κ3) is 22.4. The zero-order chi connectivity index (χ0) is 71.0. The summed E-state index contributed by atoms with van der Waals surface area (Å²) in [5.41, 5.74) is -2.70. The summed E-state index contributed by atoms with van der Waals surface area (Å²) in [5, 5.41) is 11.5. The third-order valence-corrected chi connectivity index (χ3v) is 18.1. The van der Waals surface area contributed by atoms with Gasteiger partial charge < -0.3 is 55.6 Å². The molecule has 27 heteroatoms. The number of hydrogen-bond acceptors (Lipinski definition) is 11. The van der Waals surface area contributed by atoms with E-state index in [1.807, 2.05) is 27.7 Å². The van der Waals surface area contributed by atoms with E-state index in [1.54, 1.807) is 45.0 Å². The number of carbonyl (C=O) groups excluding carboxylic acids is 11. The first kappa shape index (κ1) is 79.1. The van der Waals surface area contributed by atoms with Gasteiger partial charge in [0.1, 0.15) is 47.6 Å². The lowest BCUT2D eigenvalue weighted by molar-refractivity contribution is -0.149. The average Bonchev–Trinajstić information content (AvgIpc) is 0.835. The molecule has 11 amide bonds. The lowest BCUT2D eigenvalue weighted by atomic mass is 9.83. The van der Waals surface area contributed by atoms with Crippen molar-refractivity contribution in [1.29, 1.82) is 0 Å². The summed E-state index contributed by atoms with van der Waals surface area (Å²) in [6.07, 6.45) is -2.10. The minimum absolute atomic E-state index is 0.0160. The summed E-state index contributed by atoms with van der Waals surface area (Å²) in [6.45, 7) is 13.6. The Morgan fingerprint density at radius 2 is 1.10 bits per heavy atom. The number of alkyl halides is 3. The van der Waals surface area contributed by atoms with Crippen molar-refractivity contribution in [3.8, 4) is 0 Å². The van der Waals surface area contributed by atoms with Gasteiger partial charge >= 0.3 is 6.18 Å². The molecule has 1 aliphatic heterocycles. The van der Waals surface area contributed by atoms with Gasteiger partial charge in [0.25, 0.3) is 0 Å². The second-order valence-electron chi connectivity index (χ2n) is 27.3. The highest BCUT2D eigenvalue weighted by atomic mass is 35.5. The summed E-state index contributed by atoms with van der Waals surface area (Å²) in [4.78, 5) is 168. The van der Waals surface area contributed by atoms with Crippen molar-refractivity contribution >= 4 is 76.6 Å². The largest absolute Gasteiger partial charge is 0.419 e. The maximum absolute atomic E-state index is 14.9. The number of carbonyl (C=O) groups is 11. The normalized spacial score (nSPS) is 24.1. The van der Waals surface area contributed by atoms with Crippen molar-refractivity contribution in [2.24, 2.45) is 23.7 Å². The van der Waals surface area contributed by atoms with E-state index in [4.69, 9.17) is 11.6 Å². The SMILES string of the molecule is CC(C)C[C@@H]1NC(=O)C(C)(C)N(C)C(=O)[C@@H](CC(C)C)NC(=O)[C@@H](CCc2ccc(C(F)(F)F)c(F)c2)NC(=O)CN(C)C(=O)[C@@H](Cc2ccc(Cl)cc2)N(C)C(=O)CN(C)C(=O)CN(C)C(=O)[C@H](C2CCCCC2)NC(=O)[C@H](CC(C)C)N(C)C(=O)C[C@@H](C)N(C)C1=O. The highest BCUT2D eigenvalue weighted by molar-refractivity contribution is 6.30. The van der Waals surface area contributed by atoms with Gasteiger partial charge in [-0.05, 0) is 125 Å². The topological polar surface area (TPSA) is 259 Å². The van der Waals surface area contributed by atoms with Crippen LogP contribution in [0, 0.1) is 29.5 Å². The average molecular weight is 1350 g/mol. The van der Waals surface area contributed by atoms with Gasteiger partial charge in [-0.25, -0.2) is 4.39 Å². The minimum Gasteiger partial charge on any atom is -0.343 e. The molecule has 0 radical (unpaired) electrons. The van der Waals surface area contributed by atoms with Gasteiger partial charge in [-0.15, -0.1) is 0 Å². The van der Waals surface area contributed by atoms with Gasteiger partial charge in [-0.1, -0.05) is 90.6 Å². The molecule has 1 aliphatic carbocycles. The fourth-order valence-corrected chi connectivity index (χ4v) is 11.7. The van der Waals surface area contributed by atoms with E-state index in [1.165, 1.54) is 77.9 Å². The molecule has 0 spiro atoms. The predicted octanol–water partition coefficient (Wildman–Crippen LogP) is 5.85. The van der Waals surface area contributed by atoms with E-state index in [0.717, 1.165) is 44.9 Å². The van der Waals surface area contributed by atoms with Gasteiger partial charge in [-0.3, -0.25) is 52.7 Å². The molecule has 2 aliphatic rings. The van der Waals surface area contributed by atoms with E-state index < -0.39 is 150 Å². The molecule has 1 saturated carbocycles. The van der Waals surface area contributed by atoms with Crippen LogP contribution in [0.25, 0.3) is 0 Å². The minimum atomic E-state index is -5.01. The van der Waals surface area contributed by atoms with Gasteiger partial charge in [0, 0.05) is 73.2 Å². The molecular formula is C67H100ClF4N11O11. The molecule has 2 aromatic carbocycles. The van der Waals surface area contributed by atoms with E-state index in [-0.39, 0.29) is 74.2 Å². The molecule has 0 aromatic heterocycles. The van der Waals surface area contributed by atoms with E-state index in [0.29, 0.717) is 35.6 Å². The molecule has 2 fully saturated rings.